The third-order valence-electron chi connectivity index (χ3n) is 2.73. The highest BCUT2D eigenvalue weighted by atomic mass is 14.7. The highest BCUT2D eigenvalue weighted by Gasteiger charge is 2.02. The number of nitrogens with one attached hydrogen (secondary N) is 1. The Morgan fingerprint density at radius 3 is 1.91 bits per heavy atom. The Morgan fingerprint density at radius 2 is 1.32 bits per heavy atom. The van der Waals surface area contributed by atoms with Gasteiger partial charge in [0.15, 0.2) is 0 Å². The average Bonchev–Trinajstić information content (AvgIpc) is 3.04. The van der Waals surface area contributed by atoms with Crippen LogP contribution in [0.15, 0.2) is 54.6 Å². The van der Waals surface area contributed by atoms with Crippen molar-refractivity contribution in [2.45, 2.75) is 41.5 Å². The van der Waals surface area contributed by atoms with Gasteiger partial charge in [0.05, 0.1) is 0 Å². The Kier molecular flexibility index (Phi) is 10.3. The number of nitrogens with two attached hydrogens (primary N) is 1. The van der Waals surface area contributed by atoms with E-state index in [4.69, 9.17) is 5.73 Å². The van der Waals surface area contributed by atoms with Crippen LogP contribution >= 0.6 is 0 Å². The Bertz CT molecular complexity index is 625. The number of aromatic nitrogens is 1. The smallest absolute Gasteiger partial charge is 0.0464 e. The second-order valence-corrected chi connectivity index (χ2v) is 3.90. The molecule has 0 saturated heterocycles. The van der Waals surface area contributed by atoms with Gasteiger partial charge in [-0.25, -0.2) is 0 Å². The molecule has 22 heavy (non-hydrogen) atoms. The fourth-order valence-electron chi connectivity index (χ4n) is 1.92. The van der Waals surface area contributed by atoms with Gasteiger partial charge < -0.3 is 10.7 Å². The van der Waals surface area contributed by atoms with Gasteiger partial charge >= 0.3 is 0 Å². The summed E-state index contributed by atoms with van der Waals surface area (Å²) in [5, 5.41) is 1.15. The molecule has 0 amide bonds. The molecular formula is C20H30N2. The Morgan fingerprint density at radius 1 is 0.727 bits per heavy atom. The first kappa shape index (κ1) is 19.8. The molecule has 0 atom stereocenters. The van der Waals surface area contributed by atoms with Crippen molar-refractivity contribution in [1.29, 1.82) is 0 Å². The minimum atomic E-state index is 0.797. The van der Waals surface area contributed by atoms with E-state index in [-0.39, 0.29) is 0 Å². The number of aromatic amines is 1. The van der Waals surface area contributed by atoms with Crippen molar-refractivity contribution >= 4 is 16.6 Å². The first-order valence-corrected chi connectivity index (χ1v) is 8.26. The molecule has 0 aliphatic rings. The predicted octanol–water partition coefficient (Wildman–Crippen LogP) is 6.50. The van der Waals surface area contributed by atoms with E-state index in [1.807, 2.05) is 77.9 Å². The molecule has 0 bridgehead atoms. The van der Waals surface area contributed by atoms with Gasteiger partial charge in [0, 0.05) is 22.3 Å². The third-order valence-corrected chi connectivity index (χ3v) is 2.73. The average molecular weight is 298 g/mol. The Balaban J connectivity index is 0.000000661. The fourth-order valence-corrected chi connectivity index (χ4v) is 1.92. The van der Waals surface area contributed by atoms with Crippen molar-refractivity contribution in [3.8, 4) is 11.3 Å². The van der Waals surface area contributed by atoms with Gasteiger partial charge in [-0.3, -0.25) is 0 Å². The molecule has 2 heteroatoms. The molecule has 2 nitrogen and oxygen atoms in total. The fraction of sp³-hybridized carbons (Fsp3) is 0.300. The minimum absolute atomic E-state index is 0.797. The van der Waals surface area contributed by atoms with Crippen LogP contribution in [0.3, 0.4) is 0 Å². The molecule has 120 valence electrons. The van der Waals surface area contributed by atoms with Crippen molar-refractivity contribution in [3.05, 3.63) is 54.6 Å². The summed E-state index contributed by atoms with van der Waals surface area (Å²) in [5.74, 6) is 0. The van der Waals surface area contributed by atoms with E-state index in [0.29, 0.717) is 0 Å². The number of hydrogen-bond donors (Lipinski definition) is 2. The molecule has 3 aromatic rings. The quantitative estimate of drug-likeness (QED) is 0.495. The van der Waals surface area contributed by atoms with Crippen LogP contribution in [0.4, 0.5) is 5.69 Å². The molecule has 2 aromatic carbocycles. The van der Waals surface area contributed by atoms with E-state index >= 15 is 0 Å². The maximum Gasteiger partial charge on any atom is 0.0464 e. The summed E-state index contributed by atoms with van der Waals surface area (Å²) in [6, 6.07) is 18.3. The molecule has 1 aromatic heterocycles. The van der Waals surface area contributed by atoms with Gasteiger partial charge in [-0.05, 0) is 29.8 Å². The first-order chi connectivity index (χ1) is 10.8. The molecule has 0 unspecified atom stereocenters. The molecule has 0 saturated carbocycles. The lowest BCUT2D eigenvalue weighted by atomic mass is 10.1. The summed E-state index contributed by atoms with van der Waals surface area (Å²) in [4.78, 5) is 3.38. The van der Waals surface area contributed by atoms with Gasteiger partial charge in [-0.2, -0.15) is 0 Å². The minimum Gasteiger partial charge on any atom is -0.399 e. The molecule has 0 spiro atoms. The van der Waals surface area contributed by atoms with E-state index in [2.05, 4.69) is 23.2 Å². The number of benzene rings is 2. The summed E-state index contributed by atoms with van der Waals surface area (Å²) in [6.45, 7) is 12.0. The SMILES string of the molecule is CC.CC.CC.Nc1ccc2[nH]c(-c3ccccc3)cc2c1. The van der Waals surface area contributed by atoms with Gasteiger partial charge in [-0.1, -0.05) is 71.9 Å². The van der Waals surface area contributed by atoms with E-state index in [9.17, 15) is 0 Å². The molecule has 0 radical (unpaired) electrons. The molecule has 3 N–H and O–H groups in total. The zero-order valence-electron chi connectivity index (χ0n) is 14.8. The zero-order chi connectivity index (χ0) is 17.0. The van der Waals surface area contributed by atoms with Crippen molar-refractivity contribution in [3.63, 3.8) is 0 Å². The summed E-state index contributed by atoms with van der Waals surface area (Å²) < 4.78 is 0. The monoisotopic (exact) mass is 298 g/mol. The number of hydrogen-bond acceptors (Lipinski definition) is 1. The lowest BCUT2D eigenvalue weighted by molar-refractivity contribution is 1.45. The van der Waals surface area contributed by atoms with Crippen LogP contribution in [0, 0.1) is 0 Å². The van der Waals surface area contributed by atoms with E-state index < -0.39 is 0 Å². The molecule has 1 heterocycles. The second-order valence-electron chi connectivity index (χ2n) is 3.90. The Labute approximate surface area is 135 Å². The highest BCUT2D eigenvalue weighted by Crippen LogP contribution is 2.25. The standard InChI is InChI=1S/C14H12N2.3C2H6/c15-12-6-7-13-11(8-12)9-14(16-13)10-4-2-1-3-5-10;3*1-2/h1-9,16H,15H2;3*1-2H3. The maximum atomic E-state index is 5.76. The molecular weight excluding hydrogens is 268 g/mol. The third kappa shape index (κ3) is 5.28. The summed E-state index contributed by atoms with van der Waals surface area (Å²) >= 11 is 0. The Hall–Kier alpha value is -2.22. The van der Waals surface area contributed by atoms with Crippen LogP contribution in [0.1, 0.15) is 41.5 Å². The molecule has 0 aliphatic heterocycles. The van der Waals surface area contributed by atoms with E-state index in [1.165, 1.54) is 5.56 Å². The van der Waals surface area contributed by atoms with Crippen molar-refractivity contribution < 1.29 is 0 Å². The lowest BCUT2D eigenvalue weighted by Crippen LogP contribution is -1.81. The van der Waals surface area contributed by atoms with Crippen LogP contribution in [0.5, 0.6) is 0 Å². The van der Waals surface area contributed by atoms with Crippen LogP contribution in [-0.4, -0.2) is 4.98 Å². The van der Waals surface area contributed by atoms with Gasteiger partial charge in [0.1, 0.15) is 0 Å². The van der Waals surface area contributed by atoms with Crippen LogP contribution < -0.4 is 5.73 Å². The van der Waals surface area contributed by atoms with E-state index in [0.717, 1.165) is 22.3 Å². The van der Waals surface area contributed by atoms with Gasteiger partial charge in [0.25, 0.3) is 0 Å². The summed E-state index contributed by atoms with van der Waals surface area (Å²) in [5.41, 5.74) is 9.99. The number of nitrogen functional groups attached to an aromatic ring is 1. The topological polar surface area (TPSA) is 41.8 Å². The largest absolute Gasteiger partial charge is 0.399 e. The van der Waals surface area contributed by atoms with Gasteiger partial charge in [-0.15, -0.1) is 0 Å². The first-order valence-electron chi connectivity index (χ1n) is 8.26. The highest BCUT2D eigenvalue weighted by molar-refractivity contribution is 5.88. The summed E-state index contributed by atoms with van der Waals surface area (Å²) in [6.07, 6.45) is 0. The van der Waals surface area contributed by atoms with Crippen molar-refractivity contribution in [2.24, 2.45) is 0 Å². The second kappa shape index (κ2) is 11.4. The van der Waals surface area contributed by atoms with Crippen molar-refractivity contribution in [1.82, 2.24) is 4.98 Å². The van der Waals surface area contributed by atoms with Crippen LogP contribution in [0.2, 0.25) is 0 Å². The normalized spacial score (nSPS) is 8.64. The van der Waals surface area contributed by atoms with Crippen LogP contribution in [-0.2, 0) is 0 Å². The summed E-state index contributed by atoms with van der Waals surface area (Å²) in [7, 11) is 0. The zero-order valence-corrected chi connectivity index (χ0v) is 14.8. The number of H-pyrrole nitrogens is 1. The number of rotatable bonds is 1. The molecule has 0 fully saturated rings. The molecule has 3 rings (SSSR count). The number of fused-ring (bicyclic) bond motifs is 1. The van der Waals surface area contributed by atoms with Crippen molar-refractivity contribution in [2.75, 3.05) is 5.73 Å². The number of anilines is 1. The lowest BCUT2D eigenvalue weighted by Gasteiger charge is -1.95. The van der Waals surface area contributed by atoms with E-state index in [1.54, 1.807) is 0 Å². The predicted molar refractivity (Wildman–Crippen MR) is 102 cm³/mol. The maximum absolute atomic E-state index is 5.76. The molecule has 0 aliphatic carbocycles. The van der Waals surface area contributed by atoms with Gasteiger partial charge in [0.2, 0.25) is 0 Å². The van der Waals surface area contributed by atoms with Crippen LogP contribution in [0.25, 0.3) is 22.2 Å².